The second kappa shape index (κ2) is 6.48. The van der Waals surface area contributed by atoms with Gasteiger partial charge in [0.05, 0.1) is 0 Å². The molecule has 2 heteroatoms. The van der Waals surface area contributed by atoms with Crippen molar-refractivity contribution in [2.75, 3.05) is 7.05 Å². The summed E-state index contributed by atoms with van der Waals surface area (Å²) in [5, 5.41) is 3.41. The summed E-state index contributed by atoms with van der Waals surface area (Å²) in [7, 11) is 2.06. The van der Waals surface area contributed by atoms with Gasteiger partial charge in [0.15, 0.2) is 0 Å². The monoisotopic (exact) mass is 317 g/mol. The minimum absolute atomic E-state index is 0.593. The normalized spacial score (nSPS) is 14.9. The van der Waals surface area contributed by atoms with Crippen molar-refractivity contribution in [3.63, 3.8) is 0 Å². The zero-order valence-electron chi connectivity index (χ0n) is 9.76. The maximum absolute atomic E-state index is 3.41. The highest BCUT2D eigenvalue weighted by Gasteiger charge is 2.13. The number of rotatable bonds is 5. The highest BCUT2D eigenvalue weighted by molar-refractivity contribution is 14.1. The summed E-state index contributed by atoms with van der Waals surface area (Å²) in [5.74, 6) is 0.731. The number of nitrogens with one attached hydrogen (secondary N) is 1. The molecule has 2 atom stereocenters. The third-order valence-corrected chi connectivity index (χ3v) is 3.79. The highest BCUT2D eigenvalue weighted by Crippen LogP contribution is 2.14. The van der Waals surface area contributed by atoms with E-state index in [0.717, 1.165) is 12.3 Å². The quantitative estimate of drug-likeness (QED) is 0.820. The Morgan fingerprint density at radius 2 is 1.87 bits per heavy atom. The van der Waals surface area contributed by atoms with Gasteiger partial charge < -0.3 is 5.32 Å². The number of hydrogen-bond acceptors (Lipinski definition) is 1. The second-order valence-corrected chi connectivity index (χ2v) is 5.36. The topological polar surface area (TPSA) is 12.0 Å². The van der Waals surface area contributed by atoms with Crippen LogP contribution in [0.3, 0.4) is 0 Å². The van der Waals surface area contributed by atoms with E-state index in [4.69, 9.17) is 0 Å². The molecule has 0 radical (unpaired) electrons. The predicted octanol–water partition coefficient (Wildman–Crippen LogP) is 3.47. The molecule has 0 fully saturated rings. The summed E-state index contributed by atoms with van der Waals surface area (Å²) >= 11 is 2.34. The fourth-order valence-corrected chi connectivity index (χ4v) is 2.11. The van der Waals surface area contributed by atoms with Gasteiger partial charge in [-0.2, -0.15) is 0 Å². The van der Waals surface area contributed by atoms with Crippen LogP contribution in [0, 0.1) is 9.49 Å². The molecule has 84 valence electrons. The van der Waals surface area contributed by atoms with E-state index in [2.05, 4.69) is 73.1 Å². The van der Waals surface area contributed by atoms with Gasteiger partial charge in [-0.15, -0.1) is 0 Å². The van der Waals surface area contributed by atoms with Crippen molar-refractivity contribution < 1.29 is 0 Å². The van der Waals surface area contributed by atoms with Crippen molar-refractivity contribution in [1.82, 2.24) is 5.32 Å². The number of hydrogen-bond donors (Lipinski definition) is 1. The van der Waals surface area contributed by atoms with Gasteiger partial charge in [-0.25, -0.2) is 0 Å². The van der Waals surface area contributed by atoms with Gasteiger partial charge in [-0.3, -0.25) is 0 Å². The van der Waals surface area contributed by atoms with Crippen molar-refractivity contribution in [2.45, 2.75) is 32.7 Å². The molecule has 0 aliphatic carbocycles. The van der Waals surface area contributed by atoms with Crippen LogP contribution in [0.15, 0.2) is 24.3 Å². The molecule has 0 aliphatic heterocycles. The van der Waals surface area contributed by atoms with Gasteiger partial charge in [0.1, 0.15) is 0 Å². The predicted molar refractivity (Wildman–Crippen MR) is 75.2 cm³/mol. The van der Waals surface area contributed by atoms with E-state index in [1.165, 1.54) is 15.6 Å². The maximum atomic E-state index is 3.41. The molecule has 1 aromatic carbocycles. The van der Waals surface area contributed by atoms with Crippen LogP contribution in [0.4, 0.5) is 0 Å². The Bertz CT molecular complexity index is 281. The lowest BCUT2D eigenvalue weighted by atomic mass is 9.93. The Balaban J connectivity index is 2.62. The first-order valence-electron chi connectivity index (χ1n) is 5.59. The van der Waals surface area contributed by atoms with Crippen molar-refractivity contribution in [3.8, 4) is 0 Å². The first-order chi connectivity index (χ1) is 7.17. The summed E-state index contributed by atoms with van der Waals surface area (Å²) in [6.07, 6.45) is 2.36. The summed E-state index contributed by atoms with van der Waals surface area (Å²) < 4.78 is 1.31. The molecule has 0 aromatic heterocycles. The van der Waals surface area contributed by atoms with Crippen LogP contribution in [-0.4, -0.2) is 13.1 Å². The van der Waals surface area contributed by atoms with E-state index in [1.54, 1.807) is 0 Å². The van der Waals surface area contributed by atoms with E-state index in [-0.39, 0.29) is 0 Å². The van der Waals surface area contributed by atoms with Gasteiger partial charge in [-0.1, -0.05) is 32.4 Å². The van der Waals surface area contributed by atoms with Crippen LogP contribution in [0.1, 0.15) is 25.8 Å². The largest absolute Gasteiger partial charge is 0.316 e. The molecule has 0 spiro atoms. The molecular formula is C13H20IN. The molecule has 0 saturated carbocycles. The number of likely N-dealkylation sites (N-methyl/N-ethyl adjacent to an activating group) is 1. The molecule has 1 rings (SSSR count). The minimum atomic E-state index is 0.593. The van der Waals surface area contributed by atoms with Gasteiger partial charge in [0.25, 0.3) is 0 Å². The van der Waals surface area contributed by atoms with Gasteiger partial charge in [-0.05, 0) is 59.7 Å². The standard InChI is InChI=1S/C13H20IN/c1-4-10(2)13(15-3)9-11-5-7-12(14)8-6-11/h5-8,10,13,15H,4,9H2,1-3H3. The van der Waals surface area contributed by atoms with E-state index < -0.39 is 0 Å². The van der Waals surface area contributed by atoms with Crippen molar-refractivity contribution in [3.05, 3.63) is 33.4 Å². The summed E-state index contributed by atoms with van der Waals surface area (Å²) in [5.41, 5.74) is 1.43. The molecule has 0 heterocycles. The first-order valence-corrected chi connectivity index (χ1v) is 6.67. The first kappa shape index (κ1) is 13.0. The molecule has 0 saturated heterocycles. The van der Waals surface area contributed by atoms with Gasteiger partial charge in [0, 0.05) is 9.61 Å². The summed E-state index contributed by atoms with van der Waals surface area (Å²) in [6.45, 7) is 4.57. The van der Waals surface area contributed by atoms with Gasteiger partial charge in [0.2, 0.25) is 0 Å². The minimum Gasteiger partial charge on any atom is -0.316 e. The Hall–Kier alpha value is -0.0900. The van der Waals surface area contributed by atoms with E-state index in [9.17, 15) is 0 Å². The summed E-state index contributed by atoms with van der Waals surface area (Å²) in [6, 6.07) is 9.41. The molecule has 2 unspecified atom stereocenters. The van der Waals surface area contributed by atoms with E-state index in [1.807, 2.05) is 0 Å². The third kappa shape index (κ3) is 4.11. The second-order valence-electron chi connectivity index (χ2n) is 4.11. The van der Waals surface area contributed by atoms with Crippen molar-refractivity contribution in [1.29, 1.82) is 0 Å². The number of halogens is 1. The lowest BCUT2D eigenvalue weighted by Crippen LogP contribution is -2.33. The lowest BCUT2D eigenvalue weighted by molar-refractivity contribution is 0.386. The SMILES string of the molecule is CCC(C)C(Cc1ccc(I)cc1)NC. The van der Waals surface area contributed by atoms with Crippen LogP contribution in [-0.2, 0) is 6.42 Å². The maximum Gasteiger partial charge on any atom is 0.0130 e. The van der Waals surface area contributed by atoms with Crippen LogP contribution in [0.25, 0.3) is 0 Å². The van der Waals surface area contributed by atoms with Crippen LogP contribution < -0.4 is 5.32 Å². The summed E-state index contributed by atoms with van der Waals surface area (Å²) in [4.78, 5) is 0. The van der Waals surface area contributed by atoms with Crippen LogP contribution >= 0.6 is 22.6 Å². The highest BCUT2D eigenvalue weighted by atomic mass is 127. The Kier molecular flexibility index (Phi) is 5.61. The van der Waals surface area contributed by atoms with E-state index in [0.29, 0.717) is 6.04 Å². The third-order valence-electron chi connectivity index (χ3n) is 3.07. The lowest BCUT2D eigenvalue weighted by Gasteiger charge is -2.22. The average molecular weight is 317 g/mol. The Labute approximate surface area is 107 Å². The zero-order chi connectivity index (χ0) is 11.3. The molecule has 0 amide bonds. The number of benzene rings is 1. The molecular weight excluding hydrogens is 297 g/mol. The zero-order valence-corrected chi connectivity index (χ0v) is 11.9. The molecule has 1 N–H and O–H groups in total. The molecule has 1 nitrogen and oxygen atoms in total. The van der Waals surface area contributed by atoms with Crippen LogP contribution in [0.2, 0.25) is 0 Å². The Morgan fingerprint density at radius 3 is 2.33 bits per heavy atom. The fraction of sp³-hybridized carbons (Fsp3) is 0.538. The van der Waals surface area contributed by atoms with Crippen molar-refractivity contribution >= 4 is 22.6 Å². The molecule has 15 heavy (non-hydrogen) atoms. The van der Waals surface area contributed by atoms with Gasteiger partial charge >= 0.3 is 0 Å². The molecule has 0 bridgehead atoms. The molecule has 1 aromatic rings. The smallest absolute Gasteiger partial charge is 0.0130 e. The molecule has 0 aliphatic rings. The van der Waals surface area contributed by atoms with E-state index >= 15 is 0 Å². The fourth-order valence-electron chi connectivity index (χ4n) is 1.75. The van der Waals surface area contributed by atoms with Crippen LogP contribution in [0.5, 0.6) is 0 Å². The van der Waals surface area contributed by atoms with Crippen molar-refractivity contribution in [2.24, 2.45) is 5.92 Å². The average Bonchev–Trinajstić information content (AvgIpc) is 2.27. The Morgan fingerprint density at radius 1 is 1.27 bits per heavy atom.